The quantitative estimate of drug-likeness (QED) is 0.914. The van der Waals surface area contributed by atoms with Crippen molar-refractivity contribution >= 4 is 11.9 Å². The minimum absolute atomic E-state index is 0.0191. The first-order chi connectivity index (χ1) is 12.1. The van der Waals surface area contributed by atoms with E-state index in [1.807, 2.05) is 15.9 Å². The van der Waals surface area contributed by atoms with Gasteiger partial charge in [0.2, 0.25) is 5.91 Å². The van der Waals surface area contributed by atoms with Crippen LogP contribution in [-0.2, 0) is 4.79 Å². The average Bonchev–Trinajstić information content (AvgIpc) is 3.57. The van der Waals surface area contributed by atoms with Gasteiger partial charge in [-0.1, -0.05) is 37.3 Å². The molecule has 3 fully saturated rings. The van der Waals surface area contributed by atoms with Crippen molar-refractivity contribution in [2.24, 2.45) is 17.8 Å². The molecule has 0 radical (unpaired) electrons. The third kappa shape index (κ3) is 3.65. The monoisotopic (exact) mass is 341 g/mol. The Morgan fingerprint density at radius 1 is 1.04 bits per heavy atom. The number of piperazine rings is 1. The number of benzene rings is 1. The first kappa shape index (κ1) is 16.4. The zero-order valence-electron chi connectivity index (χ0n) is 14.9. The second-order valence-corrected chi connectivity index (χ2v) is 7.83. The first-order valence-electron chi connectivity index (χ1n) is 9.50. The maximum absolute atomic E-state index is 12.4. The zero-order chi connectivity index (χ0) is 17.4. The van der Waals surface area contributed by atoms with Crippen LogP contribution in [0.25, 0.3) is 0 Å². The van der Waals surface area contributed by atoms with E-state index in [0.717, 1.165) is 19.4 Å². The van der Waals surface area contributed by atoms with Gasteiger partial charge >= 0.3 is 6.03 Å². The number of amides is 3. The van der Waals surface area contributed by atoms with Crippen LogP contribution in [0.15, 0.2) is 30.3 Å². The topological polar surface area (TPSA) is 52.7 Å². The lowest BCUT2D eigenvalue weighted by Crippen LogP contribution is -2.53. The summed E-state index contributed by atoms with van der Waals surface area (Å²) in [4.78, 5) is 28.4. The van der Waals surface area contributed by atoms with Gasteiger partial charge in [0.05, 0.1) is 0 Å². The Hall–Kier alpha value is -2.04. The zero-order valence-corrected chi connectivity index (χ0v) is 14.9. The lowest BCUT2D eigenvalue weighted by Gasteiger charge is -2.35. The molecule has 0 bridgehead atoms. The molecule has 4 atom stereocenters. The molecule has 3 amide bonds. The van der Waals surface area contributed by atoms with Crippen molar-refractivity contribution in [3.8, 4) is 0 Å². The van der Waals surface area contributed by atoms with Crippen LogP contribution in [0.1, 0.15) is 31.2 Å². The minimum atomic E-state index is 0.0191. The molecule has 1 heterocycles. The SMILES string of the molecule is C[C@@H]1C[C@@H]1C(=O)N1CCN(C(=O)NC[C@@H]2C[C@H]2c2ccccc2)CC1. The molecule has 5 heteroatoms. The molecular weight excluding hydrogens is 314 g/mol. The van der Waals surface area contributed by atoms with E-state index in [1.165, 1.54) is 5.56 Å². The Morgan fingerprint density at radius 2 is 1.68 bits per heavy atom. The van der Waals surface area contributed by atoms with Gasteiger partial charge in [-0.25, -0.2) is 4.79 Å². The number of urea groups is 1. The molecular formula is C20H27N3O2. The summed E-state index contributed by atoms with van der Waals surface area (Å²) in [5.74, 6) is 2.23. The molecule has 3 aliphatic rings. The number of carbonyl (C=O) groups is 2. The van der Waals surface area contributed by atoms with Gasteiger partial charge in [0, 0.05) is 38.6 Å². The van der Waals surface area contributed by atoms with Crippen molar-refractivity contribution in [2.75, 3.05) is 32.7 Å². The smallest absolute Gasteiger partial charge is 0.317 e. The summed E-state index contributed by atoms with van der Waals surface area (Å²) in [6.07, 6.45) is 2.19. The Balaban J connectivity index is 1.18. The van der Waals surface area contributed by atoms with E-state index in [4.69, 9.17) is 0 Å². The summed E-state index contributed by atoms with van der Waals surface area (Å²) in [5.41, 5.74) is 1.38. The van der Waals surface area contributed by atoms with Crippen LogP contribution >= 0.6 is 0 Å². The number of nitrogens with zero attached hydrogens (tertiary/aromatic N) is 2. The Labute approximate surface area is 149 Å². The van der Waals surface area contributed by atoms with Crippen LogP contribution < -0.4 is 5.32 Å². The van der Waals surface area contributed by atoms with Gasteiger partial charge in [-0.2, -0.15) is 0 Å². The summed E-state index contributed by atoms with van der Waals surface area (Å²) in [7, 11) is 0. The Kier molecular flexibility index (Phi) is 4.40. The molecule has 1 saturated heterocycles. The maximum atomic E-state index is 12.4. The van der Waals surface area contributed by atoms with Crippen molar-refractivity contribution in [3.05, 3.63) is 35.9 Å². The molecule has 0 aromatic heterocycles. The van der Waals surface area contributed by atoms with Gasteiger partial charge in [0.15, 0.2) is 0 Å². The number of hydrogen-bond acceptors (Lipinski definition) is 2. The fraction of sp³-hybridized carbons (Fsp3) is 0.600. The van der Waals surface area contributed by atoms with Gasteiger partial charge < -0.3 is 15.1 Å². The fourth-order valence-corrected chi connectivity index (χ4v) is 3.94. The summed E-state index contributed by atoms with van der Waals surface area (Å²) < 4.78 is 0. The summed E-state index contributed by atoms with van der Waals surface area (Å²) in [6.45, 7) is 5.51. The van der Waals surface area contributed by atoms with E-state index in [0.29, 0.717) is 43.9 Å². The number of hydrogen-bond donors (Lipinski definition) is 1. The molecule has 4 rings (SSSR count). The molecule has 2 saturated carbocycles. The summed E-state index contributed by atoms with van der Waals surface area (Å²) in [5, 5.41) is 3.08. The third-order valence-electron chi connectivity index (χ3n) is 5.97. The molecule has 5 nitrogen and oxygen atoms in total. The van der Waals surface area contributed by atoms with Crippen LogP contribution in [0.4, 0.5) is 4.79 Å². The summed E-state index contributed by atoms with van der Waals surface area (Å²) >= 11 is 0. The van der Waals surface area contributed by atoms with E-state index < -0.39 is 0 Å². The van der Waals surface area contributed by atoms with Crippen LogP contribution in [0.5, 0.6) is 0 Å². The van der Waals surface area contributed by atoms with Gasteiger partial charge in [-0.3, -0.25) is 4.79 Å². The van der Waals surface area contributed by atoms with Crippen molar-refractivity contribution in [3.63, 3.8) is 0 Å². The van der Waals surface area contributed by atoms with E-state index in [-0.39, 0.29) is 17.9 Å². The van der Waals surface area contributed by atoms with E-state index >= 15 is 0 Å². The van der Waals surface area contributed by atoms with E-state index in [1.54, 1.807) is 0 Å². The molecule has 1 N–H and O–H groups in total. The molecule has 134 valence electrons. The predicted octanol–water partition coefficient (Wildman–Crippen LogP) is 2.30. The standard InChI is InChI=1S/C20H27N3O2/c1-14-11-17(14)19(24)22-7-9-23(10-8-22)20(25)21-13-16-12-18(16)15-5-3-2-4-6-15/h2-6,14,16-18H,7-13H2,1H3,(H,21,25)/t14-,16+,17+,18+/m1/s1. The van der Waals surface area contributed by atoms with Crippen molar-refractivity contribution in [2.45, 2.75) is 25.7 Å². The molecule has 0 spiro atoms. The highest BCUT2D eigenvalue weighted by molar-refractivity contribution is 5.82. The highest BCUT2D eigenvalue weighted by atomic mass is 16.2. The van der Waals surface area contributed by atoms with Gasteiger partial charge in [-0.05, 0) is 36.2 Å². The van der Waals surface area contributed by atoms with Crippen LogP contribution in [0.3, 0.4) is 0 Å². The number of carbonyl (C=O) groups excluding carboxylic acids is 2. The predicted molar refractivity (Wildman–Crippen MR) is 96.1 cm³/mol. The van der Waals surface area contributed by atoms with Crippen LogP contribution in [-0.4, -0.2) is 54.5 Å². The molecule has 1 aromatic rings. The van der Waals surface area contributed by atoms with Gasteiger partial charge in [0.1, 0.15) is 0 Å². The molecule has 1 aliphatic heterocycles. The Bertz CT molecular complexity index is 640. The fourth-order valence-electron chi connectivity index (χ4n) is 3.94. The van der Waals surface area contributed by atoms with E-state index in [9.17, 15) is 9.59 Å². The van der Waals surface area contributed by atoms with Gasteiger partial charge in [-0.15, -0.1) is 0 Å². The summed E-state index contributed by atoms with van der Waals surface area (Å²) in [6, 6.07) is 10.5. The molecule has 25 heavy (non-hydrogen) atoms. The highest BCUT2D eigenvalue weighted by Crippen LogP contribution is 2.46. The molecule has 1 aromatic carbocycles. The lowest BCUT2D eigenvalue weighted by molar-refractivity contribution is -0.134. The van der Waals surface area contributed by atoms with Crippen LogP contribution in [0, 0.1) is 17.8 Å². The van der Waals surface area contributed by atoms with Gasteiger partial charge in [0.25, 0.3) is 0 Å². The van der Waals surface area contributed by atoms with Crippen molar-refractivity contribution in [1.29, 1.82) is 0 Å². The number of rotatable bonds is 4. The molecule has 0 unspecified atom stereocenters. The minimum Gasteiger partial charge on any atom is -0.339 e. The lowest BCUT2D eigenvalue weighted by atomic mass is 10.1. The normalized spacial score (nSPS) is 30.8. The largest absolute Gasteiger partial charge is 0.339 e. The molecule has 2 aliphatic carbocycles. The first-order valence-corrected chi connectivity index (χ1v) is 9.50. The van der Waals surface area contributed by atoms with E-state index in [2.05, 4.69) is 36.5 Å². The second-order valence-electron chi connectivity index (χ2n) is 7.83. The highest BCUT2D eigenvalue weighted by Gasteiger charge is 2.42. The average molecular weight is 341 g/mol. The van der Waals surface area contributed by atoms with Crippen LogP contribution in [0.2, 0.25) is 0 Å². The number of nitrogens with one attached hydrogen (secondary N) is 1. The Morgan fingerprint density at radius 3 is 2.32 bits per heavy atom. The second kappa shape index (κ2) is 6.70. The third-order valence-corrected chi connectivity index (χ3v) is 5.97. The van der Waals surface area contributed by atoms with Crippen molar-refractivity contribution < 1.29 is 9.59 Å². The van der Waals surface area contributed by atoms with Crippen molar-refractivity contribution in [1.82, 2.24) is 15.1 Å². The maximum Gasteiger partial charge on any atom is 0.317 e.